The van der Waals surface area contributed by atoms with E-state index >= 15 is 0 Å². The number of rotatable bonds is 6. The minimum absolute atomic E-state index is 0.0400. The van der Waals surface area contributed by atoms with E-state index in [1.807, 2.05) is 0 Å². The van der Waals surface area contributed by atoms with Crippen molar-refractivity contribution in [1.82, 2.24) is 4.72 Å². The molecule has 100 valence electrons. The van der Waals surface area contributed by atoms with Gasteiger partial charge < -0.3 is 10.2 Å². The summed E-state index contributed by atoms with van der Waals surface area (Å²) in [5, 5.41) is 17.8. The fourth-order valence-electron chi connectivity index (χ4n) is 1.31. The molecule has 3 N–H and O–H groups in total. The van der Waals surface area contributed by atoms with Gasteiger partial charge in [0.2, 0.25) is 10.0 Å². The molecule has 0 saturated carbocycles. The number of hydrogen-bond donors (Lipinski definition) is 3. The molecule has 0 aromatic heterocycles. The van der Waals surface area contributed by atoms with E-state index in [-0.39, 0.29) is 17.9 Å². The summed E-state index contributed by atoms with van der Waals surface area (Å²) in [6.45, 7) is 1.40. The van der Waals surface area contributed by atoms with E-state index < -0.39 is 22.1 Å². The minimum atomic E-state index is -3.58. The lowest BCUT2D eigenvalue weighted by molar-refractivity contribution is 0.0696. The van der Waals surface area contributed by atoms with Crippen LogP contribution >= 0.6 is 0 Å². The highest BCUT2D eigenvalue weighted by atomic mass is 32.2. The van der Waals surface area contributed by atoms with Crippen molar-refractivity contribution in [2.24, 2.45) is 0 Å². The van der Waals surface area contributed by atoms with Crippen molar-refractivity contribution in [3.63, 3.8) is 0 Å². The summed E-state index contributed by atoms with van der Waals surface area (Å²) in [6.07, 6.45) is -0.773. The molecule has 7 heteroatoms. The molecule has 0 aliphatic heterocycles. The highest BCUT2D eigenvalue weighted by Gasteiger charge is 2.13. The number of carboxylic acids is 1. The maximum absolute atomic E-state index is 11.6. The van der Waals surface area contributed by atoms with Gasteiger partial charge in [-0.25, -0.2) is 17.9 Å². The molecule has 0 amide bonds. The quantitative estimate of drug-likeness (QED) is 0.686. The molecule has 0 saturated heterocycles. The fraction of sp³-hybridized carbons (Fsp3) is 0.364. The minimum Gasteiger partial charge on any atom is -0.478 e. The number of aromatic carboxylic acids is 1. The summed E-state index contributed by atoms with van der Waals surface area (Å²) in [4.78, 5) is 10.7. The predicted octanol–water partition coefficient (Wildman–Crippen LogP) is 0.185. The second-order valence-corrected chi connectivity index (χ2v) is 5.77. The van der Waals surface area contributed by atoms with Gasteiger partial charge in [0.15, 0.2) is 0 Å². The Kier molecular flexibility index (Phi) is 4.83. The van der Waals surface area contributed by atoms with Crippen LogP contribution in [0.3, 0.4) is 0 Å². The summed E-state index contributed by atoms with van der Waals surface area (Å²) in [5.41, 5.74) is 0.422. The number of carbonyl (C=O) groups is 1. The summed E-state index contributed by atoms with van der Waals surface area (Å²) >= 11 is 0. The highest BCUT2D eigenvalue weighted by molar-refractivity contribution is 7.88. The van der Waals surface area contributed by atoms with Gasteiger partial charge >= 0.3 is 5.97 Å². The first-order valence-corrected chi connectivity index (χ1v) is 6.93. The number of aliphatic hydroxyl groups excluding tert-OH is 1. The third kappa shape index (κ3) is 4.82. The Morgan fingerprint density at radius 2 is 2.11 bits per heavy atom. The van der Waals surface area contributed by atoms with Crippen molar-refractivity contribution in [2.75, 3.05) is 6.54 Å². The Morgan fingerprint density at radius 3 is 2.67 bits per heavy atom. The zero-order valence-corrected chi connectivity index (χ0v) is 10.6. The van der Waals surface area contributed by atoms with Crippen molar-refractivity contribution in [1.29, 1.82) is 0 Å². The number of aliphatic hydroxyl groups is 1. The largest absolute Gasteiger partial charge is 0.478 e. The zero-order valence-electron chi connectivity index (χ0n) is 9.83. The van der Waals surface area contributed by atoms with Gasteiger partial charge in [-0.05, 0) is 24.6 Å². The van der Waals surface area contributed by atoms with Crippen LogP contribution in [0.15, 0.2) is 24.3 Å². The van der Waals surface area contributed by atoms with Crippen LogP contribution in [0.4, 0.5) is 0 Å². The van der Waals surface area contributed by atoms with Crippen LogP contribution in [-0.2, 0) is 15.8 Å². The standard InChI is InChI=1S/C11H15NO5S/c1-8(13)6-12-18(16,17)7-9-3-2-4-10(5-9)11(14)15/h2-5,8,12-13H,6-7H2,1H3,(H,14,15). The molecule has 0 aliphatic carbocycles. The fourth-order valence-corrected chi connectivity index (χ4v) is 2.53. The lowest BCUT2D eigenvalue weighted by Crippen LogP contribution is -2.31. The molecule has 0 bridgehead atoms. The zero-order chi connectivity index (χ0) is 13.8. The SMILES string of the molecule is CC(O)CNS(=O)(=O)Cc1cccc(C(=O)O)c1. The van der Waals surface area contributed by atoms with E-state index in [4.69, 9.17) is 10.2 Å². The maximum atomic E-state index is 11.6. The van der Waals surface area contributed by atoms with E-state index in [2.05, 4.69) is 4.72 Å². The first kappa shape index (κ1) is 14.6. The predicted molar refractivity (Wildman–Crippen MR) is 65.7 cm³/mol. The van der Waals surface area contributed by atoms with E-state index in [1.165, 1.54) is 31.2 Å². The molecule has 1 atom stereocenters. The molecule has 1 aromatic carbocycles. The molecular formula is C11H15NO5S. The van der Waals surface area contributed by atoms with Gasteiger partial charge in [-0.3, -0.25) is 0 Å². The second kappa shape index (κ2) is 5.94. The van der Waals surface area contributed by atoms with Crippen LogP contribution < -0.4 is 4.72 Å². The molecule has 0 spiro atoms. The van der Waals surface area contributed by atoms with Crippen molar-refractivity contribution < 1.29 is 23.4 Å². The Bertz CT molecular complexity index is 524. The first-order valence-electron chi connectivity index (χ1n) is 5.28. The van der Waals surface area contributed by atoms with Gasteiger partial charge in [0.25, 0.3) is 0 Å². The number of benzene rings is 1. The Hall–Kier alpha value is -1.44. The van der Waals surface area contributed by atoms with Crippen LogP contribution in [0.5, 0.6) is 0 Å². The molecule has 0 heterocycles. The van der Waals surface area contributed by atoms with Crippen LogP contribution in [0.2, 0.25) is 0 Å². The molecule has 0 fully saturated rings. The highest BCUT2D eigenvalue weighted by Crippen LogP contribution is 2.08. The molecule has 1 rings (SSSR count). The van der Waals surface area contributed by atoms with Crippen LogP contribution in [-0.4, -0.2) is 37.2 Å². The number of hydrogen-bond acceptors (Lipinski definition) is 4. The van der Waals surface area contributed by atoms with Crippen LogP contribution in [0, 0.1) is 0 Å². The Labute approximate surface area is 105 Å². The lowest BCUT2D eigenvalue weighted by atomic mass is 10.1. The lowest BCUT2D eigenvalue weighted by Gasteiger charge is -2.08. The molecule has 6 nitrogen and oxygen atoms in total. The molecular weight excluding hydrogens is 258 g/mol. The third-order valence-electron chi connectivity index (χ3n) is 2.13. The van der Waals surface area contributed by atoms with Gasteiger partial charge in [-0.2, -0.15) is 0 Å². The monoisotopic (exact) mass is 273 g/mol. The Balaban J connectivity index is 2.78. The summed E-state index contributed by atoms with van der Waals surface area (Å²) in [5.74, 6) is -1.42. The average molecular weight is 273 g/mol. The summed E-state index contributed by atoms with van der Waals surface area (Å²) in [6, 6.07) is 5.72. The molecule has 0 aliphatic rings. The molecule has 1 unspecified atom stereocenters. The topological polar surface area (TPSA) is 104 Å². The van der Waals surface area contributed by atoms with E-state index in [0.29, 0.717) is 5.56 Å². The van der Waals surface area contributed by atoms with Gasteiger partial charge in [-0.15, -0.1) is 0 Å². The number of sulfonamides is 1. The first-order chi connectivity index (χ1) is 8.30. The second-order valence-electron chi connectivity index (χ2n) is 3.96. The van der Waals surface area contributed by atoms with Gasteiger partial charge in [0, 0.05) is 6.54 Å². The number of nitrogens with one attached hydrogen (secondary N) is 1. The molecule has 1 aromatic rings. The van der Waals surface area contributed by atoms with Gasteiger partial charge in [0.1, 0.15) is 0 Å². The number of carboxylic acid groups (broad SMARTS) is 1. The molecule has 18 heavy (non-hydrogen) atoms. The Morgan fingerprint density at radius 1 is 1.44 bits per heavy atom. The van der Waals surface area contributed by atoms with Crippen molar-refractivity contribution >= 4 is 16.0 Å². The molecule has 0 radical (unpaired) electrons. The average Bonchev–Trinajstić information content (AvgIpc) is 2.26. The van der Waals surface area contributed by atoms with Crippen molar-refractivity contribution in [3.8, 4) is 0 Å². The van der Waals surface area contributed by atoms with Gasteiger partial charge in [0.05, 0.1) is 17.4 Å². The normalized spacial score (nSPS) is 13.2. The van der Waals surface area contributed by atoms with E-state index in [0.717, 1.165) is 0 Å². The van der Waals surface area contributed by atoms with Crippen molar-refractivity contribution in [2.45, 2.75) is 18.8 Å². The maximum Gasteiger partial charge on any atom is 0.335 e. The van der Waals surface area contributed by atoms with E-state index in [1.54, 1.807) is 0 Å². The van der Waals surface area contributed by atoms with E-state index in [9.17, 15) is 13.2 Å². The third-order valence-corrected chi connectivity index (χ3v) is 3.45. The van der Waals surface area contributed by atoms with Gasteiger partial charge in [-0.1, -0.05) is 12.1 Å². The van der Waals surface area contributed by atoms with Crippen LogP contribution in [0.1, 0.15) is 22.8 Å². The summed E-state index contributed by atoms with van der Waals surface area (Å²) < 4.78 is 25.5. The summed E-state index contributed by atoms with van der Waals surface area (Å²) in [7, 11) is -3.58. The smallest absolute Gasteiger partial charge is 0.335 e. The van der Waals surface area contributed by atoms with Crippen molar-refractivity contribution in [3.05, 3.63) is 35.4 Å². The van der Waals surface area contributed by atoms with Crippen LogP contribution in [0.25, 0.3) is 0 Å².